The summed E-state index contributed by atoms with van der Waals surface area (Å²) in [7, 11) is 0. The number of ether oxygens (including phenoxy) is 1. The molecule has 2 amide bonds. The molecule has 1 aliphatic heterocycles. The van der Waals surface area contributed by atoms with Crippen LogP contribution >= 0.6 is 11.6 Å². The summed E-state index contributed by atoms with van der Waals surface area (Å²) >= 11 is 5.83. The zero-order valence-electron chi connectivity index (χ0n) is 12.7. The van der Waals surface area contributed by atoms with E-state index in [1.165, 1.54) is 5.69 Å². The van der Waals surface area contributed by atoms with Gasteiger partial charge in [0.1, 0.15) is 0 Å². The maximum Gasteiger partial charge on any atom is 0.315 e. The predicted octanol–water partition coefficient (Wildman–Crippen LogP) is 2.11. The molecule has 0 fully saturated rings. The molecule has 3 rings (SSSR count). The van der Waals surface area contributed by atoms with E-state index in [0.29, 0.717) is 31.3 Å². The Morgan fingerprint density at radius 2 is 2.13 bits per heavy atom. The molecule has 2 heterocycles. The van der Waals surface area contributed by atoms with E-state index < -0.39 is 0 Å². The highest BCUT2D eigenvalue weighted by Gasteiger charge is 2.15. The van der Waals surface area contributed by atoms with E-state index in [1.54, 1.807) is 12.1 Å². The predicted molar refractivity (Wildman–Crippen MR) is 87.3 cm³/mol. The van der Waals surface area contributed by atoms with Gasteiger partial charge in [-0.15, -0.1) is 0 Å². The molecule has 0 radical (unpaired) electrons. The van der Waals surface area contributed by atoms with Crippen LogP contribution in [-0.2, 0) is 30.9 Å². The lowest BCUT2D eigenvalue weighted by atomic mass is 10.2. The molecule has 122 valence electrons. The molecule has 1 aromatic heterocycles. The average molecular weight is 335 g/mol. The van der Waals surface area contributed by atoms with E-state index >= 15 is 0 Å². The Morgan fingerprint density at radius 3 is 2.96 bits per heavy atom. The summed E-state index contributed by atoms with van der Waals surface area (Å²) < 4.78 is 7.33. The largest absolute Gasteiger partial charge is 0.376 e. The van der Waals surface area contributed by atoms with Crippen molar-refractivity contribution in [3.8, 4) is 0 Å². The maximum absolute atomic E-state index is 11.8. The first kappa shape index (κ1) is 15.8. The van der Waals surface area contributed by atoms with Crippen LogP contribution in [0.2, 0.25) is 5.02 Å². The number of benzene rings is 1. The van der Waals surface area contributed by atoms with Gasteiger partial charge >= 0.3 is 6.03 Å². The van der Waals surface area contributed by atoms with Crippen molar-refractivity contribution in [3.63, 3.8) is 0 Å². The molecule has 7 heteroatoms. The van der Waals surface area contributed by atoms with Crippen LogP contribution in [0.4, 0.5) is 4.79 Å². The fourth-order valence-corrected chi connectivity index (χ4v) is 2.65. The van der Waals surface area contributed by atoms with Crippen LogP contribution in [0.5, 0.6) is 0 Å². The number of nitrogens with one attached hydrogen (secondary N) is 2. The molecule has 0 saturated heterocycles. The van der Waals surface area contributed by atoms with Crippen molar-refractivity contribution in [3.05, 3.63) is 52.3 Å². The van der Waals surface area contributed by atoms with Crippen molar-refractivity contribution in [2.45, 2.75) is 26.1 Å². The second kappa shape index (κ2) is 7.48. The minimum atomic E-state index is -0.190. The molecule has 2 N–H and O–H groups in total. The molecule has 0 aliphatic carbocycles. The number of halogens is 1. The third-order valence-corrected chi connectivity index (χ3v) is 4.00. The second-order valence-electron chi connectivity index (χ2n) is 5.38. The van der Waals surface area contributed by atoms with Crippen LogP contribution in [0, 0.1) is 0 Å². The van der Waals surface area contributed by atoms with Crippen LogP contribution in [0.25, 0.3) is 0 Å². The van der Waals surface area contributed by atoms with E-state index in [9.17, 15) is 4.79 Å². The quantitative estimate of drug-likeness (QED) is 0.880. The fourth-order valence-electron chi connectivity index (χ4n) is 2.53. The summed E-state index contributed by atoms with van der Waals surface area (Å²) in [6, 6.07) is 7.20. The summed E-state index contributed by atoms with van der Waals surface area (Å²) in [5.74, 6) is 0. The Bertz CT molecular complexity index is 669. The number of carbonyl (C=O) groups is 1. The number of amides is 2. The van der Waals surface area contributed by atoms with E-state index in [4.69, 9.17) is 16.3 Å². The molecule has 0 bridgehead atoms. The van der Waals surface area contributed by atoms with Crippen molar-refractivity contribution in [2.75, 3.05) is 13.2 Å². The van der Waals surface area contributed by atoms with Crippen molar-refractivity contribution < 1.29 is 9.53 Å². The summed E-state index contributed by atoms with van der Waals surface area (Å²) in [6.45, 7) is 3.01. The maximum atomic E-state index is 11.8. The smallest absolute Gasteiger partial charge is 0.315 e. The molecule has 23 heavy (non-hydrogen) atoms. The third kappa shape index (κ3) is 4.24. The molecule has 1 aromatic carbocycles. The standard InChI is InChI=1S/C16H19ClN4O2/c17-14-3-1-12(2-4-14)9-19-16(22)18-6-7-21-15-5-8-23-11-13(15)10-20-21/h1-4,10H,5-9,11H2,(H2,18,19,22). The summed E-state index contributed by atoms with van der Waals surface area (Å²) in [6.07, 6.45) is 2.72. The number of aromatic nitrogens is 2. The van der Waals surface area contributed by atoms with E-state index in [2.05, 4.69) is 15.7 Å². The van der Waals surface area contributed by atoms with E-state index in [-0.39, 0.29) is 6.03 Å². The zero-order chi connectivity index (χ0) is 16.1. The van der Waals surface area contributed by atoms with Crippen LogP contribution in [0.3, 0.4) is 0 Å². The molecule has 0 spiro atoms. The number of rotatable bonds is 5. The van der Waals surface area contributed by atoms with Crippen LogP contribution in [0.1, 0.15) is 16.8 Å². The van der Waals surface area contributed by atoms with Crippen LogP contribution in [-0.4, -0.2) is 29.0 Å². The van der Waals surface area contributed by atoms with Gasteiger partial charge in [0.2, 0.25) is 0 Å². The Morgan fingerprint density at radius 1 is 1.30 bits per heavy atom. The number of fused-ring (bicyclic) bond motifs is 1. The van der Waals surface area contributed by atoms with Crippen LogP contribution < -0.4 is 10.6 Å². The van der Waals surface area contributed by atoms with Gasteiger partial charge in [-0.3, -0.25) is 4.68 Å². The first-order chi connectivity index (χ1) is 11.2. The highest BCUT2D eigenvalue weighted by Crippen LogP contribution is 2.15. The lowest BCUT2D eigenvalue weighted by Crippen LogP contribution is -2.37. The normalized spacial score (nSPS) is 13.4. The molecule has 0 saturated carbocycles. The lowest BCUT2D eigenvalue weighted by Gasteiger charge is -2.15. The van der Waals surface area contributed by atoms with Gasteiger partial charge in [0, 0.05) is 35.8 Å². The number of hydrogen-bond acceptors (Lipinski definition) is 3. The lowest BCUT2D eigenvalue weighted by molar-refractivity contribution is 0.109. The Labute approximate surface area is 139 Å². The number of nitrogens with zero attached hydrogens (tertiary/aromatic N) is 2. The van der Waals surface area contributed by atoms with Crippen LogP contribution in [0.15, 0.2) is 30.5 Å². The highest BCUT2D eigenvalue weighted by atomic mass is 35.5. The number of hydrogen-bond donors (Lipinski definition) is 2. The summed E-state index contributed by atoms with van der Waals surface area (Å²) in [5, 5.41) is 10.7. The molecule has 6 nitrogen and oxygen atoms in total. The number of carbonyl (C=O) groups excluding carboxylic acids is 1. The molecular formula is C16H19ClN4O2. The van der Waals surface area contributed by atoms with Gasteiger partial charge in [-0.2, -0.15) is 5.10 Å². The third-order valence-electron chi connectivity index (χ3n) is 3.75. The minimum absolute atomic E-state index is 0.190. The van der Waals surface area contributed by atoms with Crippen molar-refractivity contribution in [1.82, 2.24) is 20.4 Å². The first-order valence-corrected chi connectivity index (χ1v) is 7.97. The van der Waals surface area contributed by atoms with Gasteiger partial charge in [0.15, 0.2) is 0 Å². The molecule has 1 aliphatic rings. The topological polar surface area (TPSA) is 68.2 Å². The molecule has 0 unspecified atom stereocenters. The monoisotopic (exact) mass is 334 g/mol. The average Bonchev–Trinajstić information content (AvgIpc) is 2.98. The fraction of sp³-hybridized carbons (Fsp3) is 0.375. The van der Waals surface area contributed by atoms with Crippen molar-refractivity contribution >= 4 is 17.6 Å². The second-order valence-corrected chi connectivity index (χ2v) is 5.81. The Kier molecular flexibility index (Phi) is 5.15. The summed E-state index contributed by atoms with van der Waals surface area (Å²) in [5.41, 5.74) is 3.36. The van der Waals surface area contributed by atoms with Gasteiger partial charge in [0.25, 0.3) is 0 Å². The molecule has 2 aromatic rings. The molecular weight excluding hydrogens is 316 g/mol. The SMILES string of the molecule is O=C(NCCn1ncc2c1CCOC2)NCc1ccc(Cl)cc1. The molecule has 0 atom stereocenters. The van der Waals surface area contributed by atoms with E-state index in [0.717, 1.165) is 24.2 Å². The van der Waals surface area contributed by atoms with Gasteiger partial charge in [0.05, 0.1) is 26.0 Å². The van der Waals surface area contributed by atoms with Gasteiger partial charge in [-0.25, -0.2) is 4.79 Å². The minimum Gasteiger partial charge on any atom is -0.376 e. The highest BCUT2D eigenvalue weighted by molar-refractivity contribution is 6.30. The van der Waals surface area contributed by atoms with E-state index in [1.807, 2.05) is 23.0 Å². The van der Waals surface area contributed by atoms with Crippen molar-refractivity contribution in [2.24, 2.45) is 0 Å². The van der Waals surface area contributed by atoms with Gasteiger partial charge in [-0.1, -0.05) is 23.7 Å². The number of urea groups is 1. The first-order valence-electron chi connectivity index (χ1n) is 7.60. The zero-order valence-corrected chi connectivity index (χ0v) is 13.5. The Hall–Kier alpha value is -2.05. The van der Waals surface area contributed by atoms with Gasteiger partial charge in [-0.05, 0) is 17.7 Å². The summed E-state index contributed by atoms with van der Waals surface area (Å²) in [4.78, 5) is 11.8. The Balaban J connectivity index is 1.41. The van der Waals surface area contributed by atoms with Gasteiger partial charge < -0.3 is 15.4 Å². The van der Waals surface area contributed by atoms with Crippen molar-refractivity contribution in [1.29, 1.82) is 0 Å².